The molecular formula is C12H15BrO4. The first-order valence-corrected chi connectivity index (χ1v) is 6.13. The Morgan fingerprint density at radius 1 is 1.24 bits per heavy atom. The number of rotatable bonds is 3. The largest absolute Gasteiger partial charge is 0.497 e. The summed E-state index contributed by atoms with van der Waals surface area (Å²) in [5.41, 5.74) is 0.930. The van der Waals surface area contributed by atoms with Gasteiger partial charge in [-0.3, -0.25) is 0 Å². The van der Waals surface area contributed by atoms with Crippen LogP contribution in [0.2, 0.25) is 0 Å². The van der Waals surface area contributed by atoms with Crippen molar-refractivity contribution in [2.24, 2.45) is 0 Å². The molecular weight excluding hydrogens is 288 g/mol. The average Bonchev–Trinajstić information content (AvgIpc) is 2.39. The van der Waals surface area contributed by atoms with Gasteiger partial charge in [-0.15, -0.1) is 0 Å². The first-order chi connectivity index (χ1) is 8.24. The summed E-state index contributed by atoms with van der Waals surface area (Å²) < 4.78 is 22.5. The number of methoxy groups -OCH3 is 2. The van der Waals surface area contributed by atoms with Crippen LogP contribution in [0.5, 0.6) is 5.75 Å². The summed E-state index contributed by atoms with van der Waals surface area (Å²) in [6.45, 7) is 1.07. The van der Waals surface area contributed by atoms with Crippen LogP contribution in [0.4, 0.5) is 0 Å². The molecule has 1 aliphatic rings. The minimum Gasteiger partial charge on any atom is -0.497 e. The number of hydrogen-bond donors (Lipinski definition) is 0. The normalized spacial score (nSPS) is 24.6. The van der Waals surface area contributed by atoms with E-state index < -0.39 is 0 Å². The van der Waals surface area contributed by atoms with Crippen molar-refractivity contribution in [1.82, 2.24) is 0 Å². The maximum absolute atomic E-state index is 5.62. The van der Waals surface area contributed by atoms with E-state index in [1.54, 1.807) is 14.2 Å². The highest BCUT2D eigenvalue weighted by atomic mass is 79.9. The summed E-state index contributed by atoms with van der Waals surface area (Å²) in [6, 6.07) is 5.71. The first-order valence-electron chi connectivity index (χ1n) is 5.34. The molecule has 1 aromatic carbocycles. The van der Waals surface area contributed by atoms with Crippen molar-refractivity contribution in [3.63, 3.8) is 0 Å². The second-order valence-corrected chi connectivity index (χ2v) is 4.60. The zero-order valence-electron chi connectivity index (χ0n) is 9.81. The van der Waals surface area contributed by atoms with Crippen molar-refractivity contribution in [1.29, 1.82) is 0 Å². The van der Waals surface area contributed by atoms with E-state index in [-0.39, 0.29) is 12.4 Å². The van der Waals surface area contributed by atoms with Gasteiger partial charge in [0.1, 0.15) is 11.9 Å². The molecule has 1 fully saturated rings. The highest BCUT2D eigenvalue weighted by molar-refractivity contribution is 9.10. The number of benzene rings is 1. The molecule has 0 amide bonds. The molecule has 0 N–H and O–H groups in total. The van der Waals surface area contributed by atoms with Gasteiger partial charge in [-0.05, 0) is 18.2 Å². The van der Waals surface area contributed by atoms with Crippen LogP contribution in [0.3, 0.4) is 0 Å². The molecule has 5 heteroatoms. The molecule has 0 radical (unpaired) electrons. The lowest BCUT2D eigenvalue weighted by Gasteiger charge is -2.29. The van der Waals surface area contributed by atoms with Crippen LogP contribution in [-0.4, -0.2) is 33.5 Å². The van der Waals surface area contributed by atoms with Crippen molar-refractivity contribution in [2.75, 3.05) is 27.4 Å². The topological polar surface area (TPSA) is 36.9 Å². The predicted molar refractivity (Wildman–Crippen MR) is 66.1 cm³/mol. The van der Waals surface area contributed by atoms with E-state index in [0.717, 1.165) is 15.8 Å². The van der Waals surface area contributed by atoms with Gasteiger partial charge in [0.05, 0.1) is 20.3 Å². The Morgan fingerprint density at radius 2 is 1.94 bits per heavy atom. The van der Waals surface area contributed by atoms with Crippen LogP contribution in [-0.2, 0) is 14.2 Å². The zero-order chi connectivity index (χ0) is 12.3. The molecule has 0 atom stereocenters. The first kappa shape index (κ1) is 12.8. The van der Waals surface area contributed by atoms with Crippen molar-refractivity contribution in [3.8, 4) is 5.75 Å². The number of halogens is 1. The van der Waals surface area contributed by atoms with Gasteiger partial charge in [0, 0.05) is 17.1 Å². The van der Waals surface area contributed by atoms with Crippen LogP contribution in [0.15, 0.2) is 22.7 Å². The van der Waals surface area contributed by atoms with Crippen molar-refractivity contribution >= 4 is 15.9 Å². The third-order valence-corrected chi connectivity index (χ3v) is 3.38. The fraction of sp³-hybridized carbons (Fsp3) is 0.500. The fourth-order valence-electron chi connectivity index (χ4n) is 1.63. The van der Waals surface area contributed by atoms with Gasteiger partial charge in [-0.1, -0.05) is 15.9 Å². The highest BCUT2D eigenvalue weighted by Gasteiger charge is 2.25. The molecule has 94 valence electrons. The summed E-state index contributed by atoms with van der Waals surface area (Å²) in [7, 11) is 3.29. The molecule has 0 bridgehead atoms. The molecule has 1 aliphatic heterocycles. The maximum atomic E-state index is 5.62. The van der Waals surface area contributed by atoms with E-state index in [4.69, 9.17) is 18.9 Å². The van der Waals surface area contributed by atoms with E-state index in [2.05, 4.69) is 15.9 Å². The van der Waals surface area contributed by atoms with Gasteiger partial charge < -0.3 is 18.9 Å². The van der Waals surface area contributed by atoms with Crippen molar-refractivity contribution < 1.29 is 18.9 Å². The van der Waals surface area contributed by atoms with Gasteiger partial charge in [0.25, 0.3) is 0 Å². The molecule has 4 nitrogen and oxygen atoms in total. The molecule has 17 heavy (non-hydrogen) atoms. The fourth-order valence-corrected chi connectivity index (χ4v) is 2.06. The van der Waals surface area contributed by atoms with Gasteiger partial charge in [0.15, 0.2) is 6.29 Å². The smallest absolute Gasteiger partial charge is 0.185 e. The third-order valence-electron chi connectivity index (χ3n) is 2.66. The Hall–Kier alpha value is -0.620. The van der Waals surface area contributed by atoms with Crippen molar-refractivity contribution in [2.45, 2.75) is 12.4 Å². The van der Waals surface area contributed by atoms with Gasteiger partial charge in [-0.2, -0.15) is 0 Å². The molecule has 0 aliphatic carbocycles. The van der Waals surface area contributed by atoms with Crippen LogP contribution in [0, 0.1) is 0 Å². The Balaban J connectivity index is 2.12. The van der Waals surface area contributed by atoms with E-state index >= 15 is 0 Å². The van der Waals surface area contributed by atoms with Crippen LogP contribution >= 0.6 is 15.9 Å². The van der Waals surface area contributed by atoms with Crippen molar-refractivity contribution in [3.05, 3.63) is 28.2 Å². The van der Waals surface area contributed by atoms with Crippen LogP contribution in [0.1, 0.15) is 11.9 Å². The maximum Gasteiger partial charge on any atom is 0.185 e. The Bertz CT molecular complexity index is 375. The Kier molecular flexibility index (Phi) is 4.39. The van der Waals surface area contributed by atoms with E-state index in [1.807, 2.05) is 18.2 Å². The third kappa shape index (κ3) is 2.98. The van der Waals surface area contributed by atoms with Crippen LogP contribution in [0.25, 0.3) is 0 Å². The summed E-state index contributed by atoms with van der Waals surface area (Å²) in [6.07, 6.45) is -0.360. The SMILES string of the molecule is COc1ccc(Br)c(C2OCC(OC)CO2)c1. The summed E-state index contributed by atoms with van der Waals surface area (Å²) in [5, 5.41) is 0. The molecule has 0 aromatic heterocycles. The number of hydrogen-bond acceptors (Lipinski definition) is 4. The second kappa shape index (κ2) is 5.82. The second-order valence-electron chi connectivity index (χ2n) is 3.74. The standard InChI is InChI=1S/C12H15BrO4/c1-14-8-3-4-11(13)10(5-8)12-16-6-9(15-2)7-17-12/h3-5,9,12H,6-7H2,1-2H3. The Morgan fingerprint density at radius 3 is 2.53 bits per heavy atom. The molecule has 1 aromatic rings. The summed E-state index contributed by atoms with van der Waals surface area (Å²) in [4.78, 5) is 0. The monoisotopic (exact) mass is 302 g/mol. The van der Waals surface area contributed by atoms with Gasteiger partial charge >= 0.3 is 0 Å². The number of ether oxygens (including phenoxy) is 4. The van der Waals surface area contributed by atoms with Crippen LogP contribution < -0.4 is 4.74 Å². The lowest BCUT2D eigenvalue weighted by molar-refractivity contribution is -0.226. The lowest BCUT2D eigenvalue weighted by atomic mass is 10.2. The molecule has 1 heterocycles. The predicted octanol–water partition coefficient (Wildman–Crippen LogP) is 2.52. The molecule has 0 spiro atoms. The van der Waals surface area contributed by atoms with Gasteiger partial charge in [-0.25, -0.2) is 0 Å². The van der Waals surface area contributed by atoms with E-state index in [1.165, 1.54) is 0 Å². The lowest BCUT2D eigenvalue weighted by Crippen LogP contribution is -2.32. The highest BCUT2D eigenvalue weighted by Crippen LogP contribution is 2.32. The van der Waals surface area contributed by atoms with E-state index in [0.29, 0.717) is 13.2 Å². The molecule has 2 rings (SSSR count). The minimum atomic E-state index is -0.370. The Labute approximate surface area is 109 Å². The quantitative estimate of drug-likeness (QED) is 0.860. The molecule has 1 saturated heterocycles. The summed E-state index contributed by atoms with van der Waals surface area (Å²) >= 11 is 3.48. The van der Waals surface area contributed by atoms with Gasteiger partial charge in [0.2, 0.25) is 0 Å². The molecule has 0 saturated carbocycles. The minimum absolute atomic E-state index is 0.00985. The van der Waals surface area contributed by atoms with E-state index in [9.17, 15) is 0 Å². The zero-order valence-corrected chi connectivity index (χ0v) is 11.4. The average molecular weight is 303 g/mol. The molecule has 0 unspecified atom stereocenters. The summed E-state index contributed by atoms with van der Waals surface area (Å²) in [5.74, 6) is 0.782.